The van der Waals surface area contributed by atoms with Crippen LogP contribution in [0.15, 0.2) is 0 Å². The molecule has 1 aliphatic rings. The van der Waals surface area contributed by atoms with Crippen LogP contribution >= 0.6 is 12.4 Å². The summed E-state index contributed by atoms with van der Waals surface area (Å²) in [7, 11) is 0. The maximum absolute atomic E-state index is 9.77. The minimum absolute atomic E-state index is 0. The Balaban J connectivity index is 0.00000400. The van der Waals surface area contributed by atoms with Crippen LogP contribution in [0.3, 0.4) is 0 Å². The highest BCUT2D eigenvalue weighted by Gasteiger charge is 2.42. The number of ether oxygens (including phenoxy) is 2. The zero-order chi connectivity index (χ0) is 15.0. The van der Waals surface area contributed by atoms with Crippen LogP contribution in [0.2, 0.25) is 0 Å². The fourth-order valence-electron chi connectivity index (χ4n) is 2.34. The molecule has 6 nitrogen and oxygen atoms in total. The van der Waals surface area contributed by atoms with Gasteiger partial charge in [0, 0.05) is 6.61 Å². The van der Waals surface area contributed by atoms with Crippen molar-refractivity contribution in [3.8, 4) is 0 Å². The van der Waals surface area contributed by atoms with Crippen LogP contribution in [0, 0.1) is 0 Å². The van der Waals surface area contributed by atoms with E-state index in [0.29, 0.717) is 6.61 Å². The normalized spacial score (nSPS) is 32.7. The summed E-state index contributed by atoms with van der Waals surface area (Å²) in [4.78, 5) is 0. The number of hydrogen-bond donors (Lipinski definition) is 4. The van der Waals surface area contributed by atoms with Crippen molar-refractivity contribution in [3.63, 3.8) is 0 Å². The Morgan fingerprint density at radius 1 is 1.05 bits per heavy atom. The van der Waals surface area contributed by atoms with Gasteiger partial charge in [-0.15, -0.1) is 12.4 Å². The molecule has 1 saturated heterocycles. The third-order valence-corrected chi connectivity index (χ3v) is 3.71. The summed E-state index contributed by atoms with van der Waals surface area (Å²) in [5.41, 5.74) is 5.77. The lowest BCUT2D eigenvalue weighted by atomic mass is 9.98. The van der Waals surface area contributed by atoms with E-state index in [0.717, 1.165) is 12.8 Å². The molecule has 1 heterocycles. The summed E-state index contributed by atoms with van der Waals surface area (Å²) < 4.78 is 10.9. The van der Waals surface area contributed by atoms with Crippen LogP contribution in [0.4, 0.5) is 0 Å². The van der Waals surface area contributed by atoms with Gasteiger partial charge in [0.1, 0.15) is 18.3 Å². The molecule has 0 aliphatic carbocycles. The molecule has 1 aliphatic heterocycles. The molecule has 0 unspecified atom stereocenters. The van der Waals surface area contributed by atoms with Gasteiger partial charge < -0.3 is 30.5 Å². The van der Waals surface area contributed by atoms with E-state index in [1.54, 1.807) is 0 Å². The standard InChI is InChI=1S/C14H29NO5.ClH/c1-2-3-4-5-6-7-8-19-14-11(15)13(18)12(17)10(9-16)20-14;/h10-14,16-18H,2-9,15H2,1H3;1H/t10-,11+,12-,13-,14+;/m1./s1. The summed E-state index contributed by atoms with van der Waals surface area (Å²) in [6, 6.07) is -0.798. The van der Waals surface area contributed by atoms with Gasteiger partial charge in [-0.05, 0) is 6.42 Å². The number of aliphatic hydroxyl groups is 3. The van der Waals surface area contributed by atoms with Crippen LogP contribution in [0.1, 0.15) is 45.4 Å². The smallest absolute Gasteiger partial charge is 0.175 e. The molecular weight excluding hydrogens is 298 g/mol. The molecular formula is C14H30ClNO5. The molecule has 0 radical (unpaired) electrons. The highest BCUT2D eigenvalue weighted by Crippen LogP contribution is 2.21. The van der Waals surface area contributed by atoms with Gasteiger partial charge in [0.15, 0.2) is 6.29 Å². The number of unbranched alkanes of at least 4 members (excludes halogenated alkanes) is 5. The number of halogens is 1. The predicted octanol–water partition coefficient (Wildman–Crippen LogP) is 0.552. The van der Waals surface area contributed by atoms with Crippen molar-refractivity contribution in [2.24, 2.45) is 5.73 Å². The van der Waals surface area contributed by atoms with Crippen molar-refractivity contribution in [1.82, 2.24) is 0 Å². The third kappa shape index (κ3) is 6.78. The van der Waals surface area contributed by atoms with Crippen molar-refractivity contribution in [2.45, 2.75) is 76.1 Å². The maximum Gasteiger partial charge on any atom is 0.175 e. The third-order valence-electron chi connectivity index (χ3n) is 3.71. The molecule has 0 bridgehead atoms. The van der Waals surface area contributed by atoms with Gasteiger partial charge in [0.25, 0.3) is 0 Å². The number of aliphatic hydroxyl groups excluding tert-OH is 3. The number of hydrogen-bond acceptors (Lipinski definition) is 6. The van der Waals surface area contributed by atoms with Crippen molar-refractivity contribution < 1.29 is 24.8 Å². The maximum atomic E-state index is 9.77. The molecule has 5 N–H and O–H groups in total. The first kappa shape index (κ1) is 21.0. The Hall–Kier alpha value is 0.0500. The minimum atomic E-state index is -1.18. The van der Waals surface area contributed by atoms with Gasteiger partial charge >= 0.3 is 0 Å². The zero-order valence-electron chi connectivity index (χ0n) is 12.7. The predicted molar refractivity (Wildman–Crippen MR) is 82.3 cm³/mol. The van der Waals surface area contributed by atoms with Gasteiger partial charge in [0.2, 0.25) is 0 Å². The molecule has 0 spiro atoms. The van der Waals surface area contributed by atoms with Crippen molar-refractivity contribution in [1.29, 1.82) is 0 Å². The quantitative estimate of drug-likeness (QED) is 0.461. The Morgan fingerprint density at radius 2 is 1.67 bits per heavy atom. The van der Waals surface area contributed by atoms with Gasteiger partial charge in [-0.3, -0.25) is 0 Å². The Kier molecular flexibility index (Phi) is 11.6. The lowest BCUT2D eigenvalue weighted by Gasteiger charge is -2.40. The molecule has 7 heteroatoms. The molecule has 128 valence electrons. The Morgan fingerprint density at radius 3 is 2.29 bits per heavy atom. The van der Waals surface area contributed by atoms with Crippen LogP contribution in [0.25, 0.3) is 0 Å². The second-order valence-electron chi connectivity index (χ2n) is 5.42. The van der Waals surface area contributed by atoms with Gasteiger partial charge in [0.05, 0.1) is 12.6 Å². The average molecular weight is 328 g/mol. The summed E-state index contributed by atoms with van der Waals surface area (Å²) in [5, 5.41) is 28.5. The summed E-state index contributed by atoms with van der Waals surface area (Å²) in [6.45, 7) is 2.31. The monoisotopic (exact) mass is 327 g/mol. The van der Waals surface area contributed by atoms with E-state index >= 15 is 0 Å². The van der Waals surface area contributed by atoms with E-state index in [2.05, 4.69) is 6.92 Å². The SMILES string of the molecule is CCCCCCCCO[C@H]1O[C@H](CO)[C@@H](O)[C@H](O)[C@@H]1N.Cl. The molecule has 0 saturated carbocycles. The summed E-state index contributed by atoms with van der Waals surface area (Å²) >= 11 is 0. The zero-order valence-corrected chi connectivity index (χ0v) is 13.5. The largest absolute Gasteiger partial charge is 0.394 e. The lowest BCUT2D eigenvalue weighted by molar-refractivity contribution is -0.265. The minimum Gasteiger partial charge on any atom is -0.394 e. The van der Waals surface area contributed by atoms with E-state index in [1.807, 2.05) is 0 Å². The first-order valence-electron chi connectivity index (χ1n) is 7.61. The Bertz CT molecular complexity index is 258. The van der Waals surface area contributed by atoms with Crippen molar-refractivity contribution in [3.05, 3.63) is 0 Å². The van der Waals surface area contributed by atoms with E-state index in [4.69, 9.17) is 20.3 Å². The molecule has 0 aromatic heterocycles. The van der Waals surface area contributed by atoms with Gasteiger partial charge in [-0.1, -0.05) is 39.0 Å². The first-order chi connectivity index (χ1) is 9.61. The summed E-state index contributed by atoms with van der Waals surface area (Å²) in [6.07, 6.45) is 2.99. The van der Waals surface area contributed by atoms with Crippen molar-refractivity contribution >= 4 is 12.4 Å². The number of nitrogens with two attached hydrogens (primary N) is 1. The van der Waals surface area contributed by atoms with Crippen LogP contribution in [0.5, 0.6) is 0 Å². The average Bonchev–Trinajstić information content (AvgIpc) is 2.46. The summed E-state index contributed by atoms with van der Waals surface area (Å²) in [5.74, 6) is 0. The van der Waals surface area contributed by atoms with Crippen LogP contribution < -0.4 is 5.73 Å². The topological polar surface area (TPSA) is 105 Å². The van der Waals surface area contributed by atoms with E-state index in [1.165, 1.54) is 25.7 Å². The van der Waals surface area contributed by atoms with Crippen LogP contribution in [-0.2, 0) is 9.47 Å². The molecule has 0 aromatic rings. The first-order valence-corrected chi connectivity index (χ1v) is 7.61. The second-order valence-corrected chi connectivity index (χ2v) is 5.42. The Labute approximate surface area is 133 Å². The van der Waals surface area contributed by atoms with Crippen molar-refractivity contribution in [2.75, 3.05) is 13.2 Å². The van der Waals surface area contributed by atoms with Gasteiger partial charge in [-0.2, -0.15) is 0 Å². The fraction of sp³-hybridized carbons (Fsp3) is 1.00. The molecule has 5 atom stereocenters. The molecule has 1 rings (SSSR count). The molecule has 0 aromatic carbocycles. The highest BCUT2D eigenvalue weighted by atomic mass is 35.5. The van der Waals surface area contributed by atoms with E-state index in [-0.39, 0.29) is 19.0 Å². The number of rotatable bonds is 9. The van der Waals surface area contributed by atoms with Gasteiger partial charge in [-0.25, -0.2) is 0 Å². The van der Waals surface area contributed by atoms with Crippen LogP contribution in [-0.4, -0.2) is 59.2 Å². The van der Waals surface area contributed by atoms with E-state index < -0.39 is 30.6 Å². The lowest BCUT2D eigenvalue weighted by Crippen LogP contribution is -2.62. The fourth-order valence-corrected chi connectivity index (χ4v) is 2.34. The molecule has 21 heavy (non-hydrogen) atoms. The molecule has 0 amide bonds. The second kappa shape index (κ2) is 11.6. The van der Waals surface area contributed by atoms with E-state index in [9.17, 15) is 10.2 Å². The molecule has 1 fully saturated rings. The highest BCUT2D eigenvalue weighted by molar-refractivity contribution is 5.85.